The highest BCUT2D eigenvalue weighted by atomic mass is 16.5. The number of likely N-dealkylation sites (tertiary alicyclic amines) is 1. The molecule has 1 amide bonds. The molecule has 1 atom stereocenters. The maximum Gasteiger partial charge on any atom is 0.249 e. The van der Waals surface area contributed by atoms with E-state index in [-0.39, 0.29) is 18.1 Å². The largest absolute Gasteiger partial charge is 0.393 e. The number of fused-ring (bicyclic) bond motifs is 1. The van der Waals surface area contributed by atoms with Crippen molar-refractivity contribution in [3.8, 4) is 11.1 Å². The Balaban J connectivity index is 1.49. The molecule has 0 bridgehead atoms. The molecule has 1 saturated carbocycles. The van der Waals surface area contributed by atoms with Crippen molar-refractivity contribution in [2.45, 2.75) is 89.3 Å². The lowest BCUT2D eigenvalue weighted by molar-refractivity contribution is -0.140. The monoisotopic (exact) mass is 523 g/mol. The number of aliphatic hydroxyl groups is 1. The third-order valence-corrected chi connectivity index (χ3v) is 8.08. The fourth-order valence-corrected chi connectivity index (χ4v) is 5.84. The van der Waals surface area contributed by atoms with Crippen LogP contribution in [0.3, 0.4) is 0 Å². The van der Waals surface area contributed by atoms with Gasteiger partial charge in [-0.1, -0.05) is 0 Å². The molecular formula is C28H41N7O3. The Bertz CT molecular complexity index is 1250. The number of ether oxygens (including phenoxy) is 1. The van der Waals surface area contributed by atoms with Gasteiger partial charge in [0, 0.05) is 55.2 Å². The van der Waals surface area contributed by atoms with E-state index in [2.05, 4.69) is 21.5 Å². The van der Waals surface area contributed by atoms with E-state index in [9.17, 15) is 9.90 Å². The van der Waals surface area contributed by atoms with Crippen LogP contribution in [0.4, 0.5) is 5.95 Å². The van der Waals surface area contributed by atoms with Crippen molar-refractivity contribution in [3.63, 3.8) is 0 Å². The summed E-state index contributed by atoms with van der Waals surface area (Å²) in [5.74, 6) is 0.954. The standard InChI is InChI=1S/C28H41N7O3/c1-19(18-38-4)31-27-29-16-25-23(14-24(35(25)32-27)20-8-10-22(36)11-9-20)21-15-30-34(17-21)28(2,3)26(37)33-12-6-5-7-13-33/h14-17,19-20,22,36H,5-13,18H2,1-4H3,(H,31,32)/t19-,20?,22?/m0/s1. The molecule has 0 spiro atoms. The molecule has 4 heterocycles. The van der Waals surface area contributed by atoms with Crippen molar-refractivity contribution in [2.24, 2.45) is 0 Å². The van der Waals surface area contributed by atoms with Crippen molar-refractivity contribution in [1.82, 2.24) is 29.3 Å². The fourth-order valence-electron chi connectivity index (χ4n) is 5.84. The Hall–Kier alpha value is -2.98. The number of methoxy groups -OCH3 is 1. The highest BCUT2D eigenvalue weighted by Gasteiger charge is 2.35. The quantitative estimate of drug-likeness (QED) is 0.462. The molecule has 3 aromatic rings. The van der Waals surface area contributed by atoms with Crippen LogP contribution in [0, 0.1) is 0 Å². The van der Waals surface area contributed by atoms with Crippen molar-refractivity contribution in [2.75, 3.05) is 32.1 Å². The summed E-state index contributed by atoms with van der Waals surface area (Å²) in [7, 11) is 1.68. The molecular weight excluding hydrogens is 482 g/mol. The van der Waals surface area contributed by atoms with E-state index in [1.807, 2.05) is 48.8 Å². The molecule has 1 aliphatic carbocycles. The Kier molecular flexibility index (Phi) is 7.72. The Morgan fingerprint density at radius 1 is 1.18 bits per heavy atom. The molecule has 38 heavy (non-hydrogen) atoms. The van der Waals surface area contributed by atoms with E-state index in [1.54, 1.807) is 11.8 Å². The molecule has 206 valence electrons. The molecule has 0 unspecified atom stereocenters. The molecule has 0 aromatic carbocycles. The third-order valence-electron chi connectivity index (χ3n) is 8.08. The average molecular weight is 524 g/mol. The summed E-state index contributed by atoms with van der Waals surface area (Å²) in [6.07, 6.45) is 12.1. The molecule has 5 rings (SSSR count). The number of piperidine rings is 1. The molecule has 1 aliphatic heterocycles. The smallest absolute Gasteiger partial charge is 0.249 e. The number of hydrogen-bond donors (Lipinski definition) is 2. The molecule has 2 fully saturated rings. The zero-order valence-electron chi connectivity index (χ0n) is 23.1. The van der Waals surface area contributed by atoms with Crippen molar-refractivity contribution >= 4 is 17.4 Å². The first-order valence-electron chi connectivity index (χ1n) is 13.9. The number of carbonyl (C=O) groups excluding carboxylic acids is 1. The summed E-state index contributed by atoms with van der Waals surface area (Å²) < 4.78 is 9.04. The molecule has 2 aliphatic rings. The summed E-state index contributed by atoms with van der Waals surface area (Å²) in [4.78, 5) is 20.0. The van der Waals surface area contributed by atoms with Gasteiger partial charge < -0.3 is 20.1 Å². The van der Waals surface area contributed by atoms with Gasteiger partial charge in [-0.25, -0.2) is 9.50 Å². The predicted molar refractivity (Wildman–Crippen MR) is 146 cm³/mol. The van der Waals surface area contributed by atoms with Crippen molar-refractivity contribution < 1.29 is 14.6 Å². The summed E-state index contributed by atoms with van der Waals surface area (Å²) in [5.41, 5.74) is 3.16. The van der Waals surface area contributed by atoms with Gasteiger partial charge in [-0.05, 0) is 71.8 Å². The van der Waals surface area contributed by atoms with Gasteiger partial charge in [0.05, 0.1) is 30.6 Å². The number of nitrogens with zero attached hydrogens (tertiary/aromatic N) is 6. The van der Waals surface area contributed by atoms with Gasteiger partial charge >= 0.3 is 0 Å². The van der Waals surface area contributed by atoms with Crippen molar-refractivity contribution in [1.29, 1.82) is 0 Å². The Morgan fingerprint density at radius 3 is 2.63 bits per heavy atom. The van der Waals surface area contributed by atoms with E-state index in [4.69, 9.17) is 9.84 Å². The highest BCUT2D eigenvalue weighted by Crippen LogP contribution is 2.38. The number of rotatable bonds is 8. The SMILES string of the molecule is COC[C@H](C)Nc1ncc2c(-c3cnn(C(C)(C)C(=O)N4CCCCC4)c3)cc(C3CCC(O)CC3)n2n1. The second-order valence-electron chi connectivity index (χ2n) is 11.5. The van der Waals surface area contributed by atoms with Crippen LogP contribution < -0.4 is 5.32 Å². The van der Waals surface area contributed by atoms with Gasteiger partial charge in [0.1, 0.15) is 5.54 Å². The maximum atomic E-state index is 13.4. The summed E-state index contributed by atoms with van der Waals surface area (Å²) >= 11 is 0. The number of aromatic nitrogens is 5. The predicted octanol–water partition coefficient (Wildman–Crippen LogP) is 3.81. The molecule has 3 aromatic heterocycles. The molecule has 0 radical (unpaired) electrons. The number of carbonyl (C=O) groups is 1. The van der Waals surface area contributed by atoms with Crippen molar-refractivity contribution in [3.05, 3.63) is 30.4 Å². The van der Waals surface area contributed by atoms with Crippen LogP contribution in [0.1, 0.15) is 77.3 Å². The van der Waals surface area contributed by atoms with E-state index >= 15 is 0 Å². The lowest BCUT2D eigenvalue weighted by atomic mass is 9.85. The average Bonchev–Trinajstić information content (AvgIpc) is 3.55. The van der Waals surface area contributed by atoms with Crippen LogP contribution in [0.2, 0.25) is 0 Å². The van der Waals surface area contributed by atoms with Crippen LogP contribution in [0.5, 0.6) is 0 Å². The summed E-state index contributed by atoms with van der Waals surface area (Å²) in [5, 5.41) is 22.9. The number of anilines is 1. The van der Waals surface area contributed by atoms with Crippen LogP contribution >= 0.6 is 0 Å². The van der Waals surface area contributed by atoms with Gasteiger partial charge in [-0.2, -0.15) is 5.10 Å². The fraction of sp³-hybridized carbons (Fsp3) is 0.643. The minimum absolute atomic E-state index is 0.0682. The summed E-state index contributed by atoms with van der Waals surface area (Å²) in [6, 6.07) is 2.26. The van der Waals surface area contributed by atoms with Gasteiger partial charge in [0.25, 0.3) is 0 Å². The third kappa shape index (κ3) is 5.29. The second kappa shape index (κ2) is 11.0. The Labute approximate surface area is 224 Å². The number of aliphatic hydroxyl groups excluding tert-OH is 1. The topological polar surface area (TPSA) is 110 Å². The van der Waals surface area contributed by atoms with E-state index in [1.165, 1.54) is 6.42 Å². The minimum Gasteiger partial charge on any atom is -0.393 e. The normalized spacial score (nSPS) is 21.6. The molecule has 10 heteroatoms. The number of hydrogen-bond acceptors (Lipinski definition) is 7. The van der Waals surface area contributed by atoms with E-state index in [0.29, 0.717) is 18.5 Å². The molecule has 1 saturated heterocycles. The van der Waals surface area contributed by atoms with Crippen LogP contribution in [-0.4, -0.2) is 79.2 Å². The first kappa shape index (κ1) is 26.6. The summed E-state index contributed by atoms with van der Waals surface area (Å²) in [6.45, 7) is 8.10. The first-order chi connectivity index (χ1) is 18.3. The van der Waals surface area contributed by atoms with Crippen LogP contribution in [-0.2, 0) is 15.1 Å². The minimum atomic E-state index is -0.779. The number of nitrogens with one attached hydrogen (secondary N) is 1. The van der Waals surface area contributed by atoms with Crippen LogP contribution in [0.15, 0.2) is 24.7 Å². The van der Waals surface area contributed by atoms with Gasteiger partial charge in [-0.3, -0.25) is 9.48 Å². The lowest BCUT2D eigenvalue weighted by Gasteiger charge is -2.34. The first-order valence-corrected chi connectivity index (χ1v) is 13.9. The Morgan fingerprint density at radius 2 is 1.92 bits per heavy atom. The zero-order valence-corrected chi connectivity index (χ0v) is 23.1. The number of amides is 1. The maximum absolute atomic E-state index is 13.4. The molecule has 10 nitrogen and oxygen atoms in total. The van der Waals surface area contributed by atoms with Gasteiger partial charge in [0.15, 0.2) is 0 Å². The highest BCUT2D eigenvalue weighted by molar-refractivity contribution is 5.85. The van der Waals surface area contributed by atoms with Gasteiger partial charge in [0.2, 0.25) is 11.9 Å². The van der Waals surface area contributed by atoms with E-state index < -0.39 is 5.54 Å². The van der Waals surface area contributed by atoms with Gasteiger partial charge in [-0.15, -0.1) is 5.10 Å². The zero-order chi connectivity index (χ0) is 26.9. The van der Waals surface area contributed by atoms with Crippen LogP contribution in [0.25, 0.3) is 16.6 Å². The van der Waals surface area contributed by atoms with E-state index in [0.717, 1.165) is 74.0 Å². The second-order valence-corrected chi connectivity index (χ2v) is 11.5. The lowest BCUT2D eigenvalue weighted by Crippen LogP contribution is -2.48. The molecule has 2 N–H and O–H groups in total.